The van der Waals surface area contributed by atoms with Gasteiger partial charge in [-0.3, -0.25) is 9.59 Å². The number of hydrogen-bond donors (Lipinski definition) is 1. The van der Waals surface area contributed by atoms with Gasteiger partial charge in [-0.1, -0.05) is 61.4 Å². The van der Waals surface area contributed by atoms with Crippen LogP contribution in [0.1, 0.15) is 36.8 Å². The third-order valence-corrected chi connectivity index (χ3v) is 5.21. The average molecular weight is 377 g/mol. The molecule has 0 radical (unpaired) electrons. The van der Waals surface area contributed by atoms with E-state index >= 15 is 0 Å². The summed E-state index contributed by atoms with van der Waals surface area (Å²) in [6.07, 6.45) is 6.21. The quantitative estimate of drug-likeness (QED) is 0.700. The molecular formula is C24H28N2O2. The van der Waals surface area contributed by atoms with E-state index in [1.807, 2.05) is 59.5 Å². The van der Waals surface area contributed by atoms with Crippen LogP contribution in [0.25, 0.3) is 0 Å². The van der Waals surface area contributed by atoms with Crippen molar-refractivity contribution in [2.75, 3.05) is 11.4 Å². The number of amides is 2. The molecule has 0 aliphatic heterocycles. The molecule has 0 bridgehead atoms. The van der Waals surface area contributed by atoms with Gasteiger partial charge >= 0.3 is 0 Å². The number of benzene rings is 2. The lowest BCUT2D eigenvalue weighted by molar-refractivity contribution is -0.122. The molecule has 4 heteroatoms. The van der Waals surface area contributed by atoms with Gasteiger partial charge < -0.3 is 10.2 Å². The van der Waals surface area contributed by atoms with Crippen molar-refractivity contribution in [3.8, 4) is 0 Å². The highest BCUT2D eigenvalue weighted by Gasteiger charge is 2.28. The second-order valence-corrected chi connectivity index (χ2v) is 7.33. The highest BCUT2D eigenvalue weighted by atomic mass is 16.2. The van der Waals surface area contributed by atoms with Crippen LogP contribution in [-0.2, 0) is 22.6 Å². The van der Waals surface area contributed by atoms with Crippen LogP contribution in [0.3, 0.4) is 0 Å². The van der Waals surface area contributed by atoms with Crippen molar-refractivity contribution in [3.05, 3.63) is 78.4 Å². The van der Waals surface area contributed by atoms with Crippen molar-refractivity contribution >= 4 is 17.5 Å². The smallest absolute Gasteiger partial charge is 0.230 e. The number of carbonyl (C=O) groups excluding carboxylic acids is 2. The van der Waals surface area contributed by atoms with Crippen molar-refractivity contribution in [3.63, 3.8) is 0 Å². The summed E-state index contributed by atoms with van der Waals surface area (Å²) in [5.74, 6) is 0.293. The zero-order valence-electron chi connectivity index (χ0n) is 16.3. The first-order valence-corrected chi connectivity index (χ1v) is 9.99. The van der Waals surface area contributed by atoms with Crippen molar-refractivity contribution in [1.82, 2.24) is 5.32 Å². The van der Waals surface area contributed by atoms with Gasteiger partial charge in [-0.25, -0.2) is 0 Å². The molecule has 2 amide bonds. The maximum absolute atomic E-state index is 13.2. The maximum Gasteiger partial charge on any atom is 0.230 e. The van der Waals surface area contributed by atoms with E-state index in [2.05, 4.69) is 11.9 Å². The highest BCUT2D eigenvalue weighted by Crippen LogP contribution is 2.29. The van der Waals surface area contributed by atoms with Gasteiger partial charge in [0.2, 0.25) is 11.8 Å². The van der Waals surface area contributed by atoms with Crippen molar-refractivity contribution in [1.29, 1.82) is 0 Å². The van der Waals surface area contributed by atoms with Gasteiger partial charge in [-0.05, 0) is 36.1 Å². The molecule has 1 saturated carbocycles. The van der Waals surface area contributed by atoms with Crippen LogP contribution in [0, 0.1) is 5.92 Å². The molecule has 1 N–H and O–H groups in total. The van der Waals surface area contributed by atoms with Gasteiger partial charge in [0.15, 0.2) is 0 Å². The molecule has 146 valence electrons. The summed E-state index contributed by atoms with van der Waals surface area (Å²) in [6, 6.07) is 17.8. The van der Waals surface area contributed by atoms with E-state index in [0.29, 0.717) is 19.5 Å². The summed E-state index contributed by atoms with van der Waals surface area (Å²) in [7, 11) is 0. The standard InChI is InChI=1S/C24H28N2O2/c1-2-16-25-23(27)17-19-12-14-22(15-13-19)26(18-20-8-4-3-5-9-20)24(28)21-10-6-7-11-21/h2-5,8-9,12-15,21H,1,6-7,10-11,16-18H2,(H,25,27). The molecule has 0 saturated heterocycles. The number of hydrogen-bond acceptors (Lipinski definition) is 2. The molecule has 0 heterocycles. The van der Waals surface area contributed by atoms with Gasteiger partial charge in [0.05, 0.1) is 13.0 Å². The Morgan fingerprint density at radius 2 is 1.68 bits per heavy atom. The second kappa shape index (κ2) is 9.88. The first-order valence-electron chi connectivity index (χ1n) is 9.99. The minimum absolute atomic E-state index is 0.0316. The summed E-state index contributed by atoms with van der Waals surface area (Å²) in [4.78, 5) is 27.0. The third-order valence-electron chi connectivity index (χ3n) is 5.21. The summed E-state index contributed by atoms with van der Waals surface area (Å²) in [5, 5.41) is 2.78. The fourth-order valence-electron chi connectivity index (χ4n) is 3.68. The second-order valence-electron chi connectivity index (χ2n) is 7.33. The monoisotopic (exact) mass is 376 g/mol. The van der Waals surface area contributed by atoms with E-state index in [4.69, 9.17) is 0 Å². The summed E-state index contributed by atoms with van der Waals surface area (Å²) in [5.41, 5.74) is 2.93. The van der Waals surface area contributed by atoms with E-state index in [1.165, 1.54) is 0 Å². The predicted molar refractivity (Wildman–Crippen MR) is 113 cm³/mol. The highest BCUT2D eigenvalue weighted by molar-refractivity contribution is 5.95. The molecule has 2 aromatic rings. The van der Waals surface area contributed by atoms with Crippen molar-refractivity contribution in [2.24, 2.45) is 5.92 Å². The van der Waals surface area contributed by atoms with E-state index in [1.54, 1.807) is 6.08 Å². The van der Waals surface area contributed by atoms with Crippen LogP contribution in [-0.4, -0.2) is 18.4 Å². The van der Waals surface area contributed by atoms with Crippen LogP contribution >= 0.6 is 0 Å². The fraction of sp³-hybridized carbons (Fsp3) is 0.333. The summed E-state index contributed by atoms with van der Waals surface area (Å²) < 4.78 is 0. The molecule has 28 heavy (non-hydrogen) atoms. The first kappa shape index (κ1) is 19.9. The predicted octanol–water partition coefficient (Wildman–Crippen LogP) is 4.25. The summed E-state index contributed by atoms with van der Waals surface area (Å²) in [6.45, 7) is 4.64. The Labute approximate surface area is 167 Å². The molecule has 0 aromatic heterocycles. The molecule has 0 atom stereocenters. The maximum atomic E-state index is 13.2. The van der Waals surface area contributed by atoms with Gasteiger partial charge in [0.25, 0.3) is 0 Å². The molecule has 3 rings (SSSR count). The number of carbonyl (C=O) groups is 2. The van der Waals surface area contributed by atoms with Crippen LogP contribution < -0.4 is 10.2 Å². The Hall–Kier alpha value is -2.88. The average Bonchev–Trinajstić information content (AvgIpc) is 3.26. The lowest BCUT2D eigenvalue weighted by Gasteiger charge is -2.26. The Balaban J connectivity index is 1.76. The molecule has 0 unspecified atom stereocenters. The Kier molecular flexibility index (Phi) is 7.01. The molecule has 4 nitrogen and oxygen atoms in total. The van der Waals surface area contributed by atoms with Crippen LogP contribution in [0.15, 0.2) is 67.3 Å². The van der Waals surface area contributed by atoms with E-state index in [-0.39, 0.29) is 17.7 Å². The number of nitrogens with zero attached hydrogens (tertiary/aromatic N) is 1. The van der Waals surface area contributed by atoms with Gasteiger partial charge in [0.1, 0.15) is 0 Å². The third kappa shape index (κ3) is 5.32. The van der Waals surface area contributed by atoms with E-state index < -0.39 is 0 Å². The number of nitrogens with one attached hydrogen (secondary N) is 1. The molecule has 1 aliphatic carbocycles. The largest absolute Gasteiger partial charge is 0.352 e. The van der Waals surface area contributed by atoms with E-state index in [0.717, 1.165) is 42.5 Å². The lowest BCUT2D eigenvalue weighted by atomic mass is 10.0. The molecule has 0 spiro atoms. The normalized spacial score (nSPS) is 13.9. The van der Waals surface area contributed by atoms with Gasteiger partial charge in [-0.15, -0.1) is 6.58 Å². The fourth-order valence-corrected chi connectivity index (χ4v) is 3.68. The van der Waals surface area contributed by atoms with Crippen LogP contribution in [0.4, 0.5) is 5.69 Å². The number of anilines is 1. The Morgan fingerprint density at radius 1 is 1.00 bits per heavy atom. The molecule has 2 aromatic carbocycles. The first-order chi connectivity index (χ1) is 13.7. The lowest BCUT2D eigenvalue weighted by Crippen LogP contribution is -2.35. The van der Waals surface area contributed by atoms with Crippen molar-refractivity contribution < 1.29 is 9.59 Å². The zero-order chi connectivity index (χ0) is 19.8. The van der Waals surface area contributed by atoms with E-state index in [9.17, 15) is 9.59 Å². The molecular weight excluding hydrogens is 348 g/mol. The minimum atomic E-state index is -0.0316. The summed E-state index contributed by atoms with van der Waals surface area (Å²) >= 11 is 0. The number of rotatable bonds is 8. The van der Waals surface area contributed by atoms with Gasteiger partial charge in [0, 0.05) is 18.2 Å². The molecule has 1 fully saturated rings. The minimum Gasteiger partial charge on any atom is -0.352 e. The zero-order valence-corrected chi connectivity index (χ0v) is 16.3. The van der Waals surface area contributed by atoms with Gasteiger partial charge in [-0.2, -0.15) is 0 Å². The Morgan fingerprint density at radius 3 is 2.32 bits per heavy atom. The SMILES string of the molecule is C=CCNC(=O)Cc1ccc(N(Cc2ccccc2)C(=O)C2CCCC2)cc1. The topological polar surface area (TPSA) is 49.4 Å². The van der Waals surface area contributed by atoms with Crippen LogP contribution in [0.5, 0.6) is 0 Å². The Bertz CT molecular complexity index is 793. The van der Waals surface area contributed by atoms with Crippen molar-refractivity contribution in [2.45, 2.75) is 38.6 Å². The molecule has 1 aliphatic rings. The van der Waals surface area contributed by atoms with Crippen LogP contribution in [0.2, 0.25) is 0 Å².